The molecule has 4 fully saturated rings. The lowest BCUT2D eigenvalue weighted by atomic mass is 9.80. The van der Waals surface area contributed by atoms with Crippen LogP contribution in [0, 0.1) is 65.2 Å². The maximum Gasteiger partial charge on any atom is 0.0573 e. The van der Waals surface area contributed by atoms with Crippen molar-refractivity contribution in [2.24, 2.45) is 23.7 Å². The first-order valence-corrected chi connectivity index (χ1v) is 37.7. The van der Waals surface area contributed by atoms with Crippen LogP contribution >= 0.6 is 0 Å². The minimum absolute atomic E-state index is 0.560. The van der Waals surface area contributed by atoms with Crippen LogP contribution in [0.1, 0.15) is 206 Å². The van der Waals surface area contributed by atoms with Gasteiger partial charge in [0.05, 0.1) is 11.4 Å². The Bertz CT molecular complexity index is 4330. The summed E-state index contributed by atoms with van der Waals surface area (Å²) in [5.41, 5.74) is 31.0. The Hall–Kier alpha value is -8.98. The molecule has 0 amide bonds. The van der Waals surface area contributed by atoms with E-state index in [0.717, 1.165) is 22.7 Å². The number of nitrogens with zero attached hydrogens (tertiary/aromatic N) is 2. The molecule has 10 aromatic carbocycles. The molecule has 2 nitrogen and oxygen atoms in total. The number of anilines is 6. The molecule has 0 N–H and O–H groups in total. The summed E-state index contributed by atoms with van der Waals surface area (Å²) in [4.78, 5) is 5.14. The van der Waals surface area contributed by atoms with Crippen LogP contribution in [0.2, 0.25) is 0 Å². The molecule has 4 saturated carbocycles. The van der Waals surface area contributed by atoms with Crippen molar-refractivity contribution >= 4 is 91.5 Å². The number of aryl methyl sites for hydroxylation is 4. The van der Waals surface area contributed by atoms with Crippen LogP contribution < -0.4 is 9.80 Å². The minimum Gasteiger partial charge on any atom is -0.310 e. The molecule has 0 radical (unpaired) electrons. The predicted octanol–water partition coefficient (Wildman–Crippen LogP) is 28.1. The van der Waals surface area contributed by atoms with E-state index in [1.54, 1.807) is 0 Å². The summed E-state index contributed by atoms with van der Waals surface area (Å²) < 4.78 is 0. The third-order valence-corrected chi connectivity index (χ3v) is 22.7. The van der Waals surface area contributed by atoms with Crippen molar-refractivity contribution in [1.82, 2.24) is 0 Å². The van der Waals surface area contributed by atoms with Gasteiger partial charge in [0.25, 0.3) is 0 Å². The van der Waals surface area contributed by atoms with E-state index in [1.165, 1.54) is 251 Å². The molecule has 2 heteroatoms. The van der Waals surface area contributed by atoms with Crippen LogP contribution in [0.4, 0.5) is 34.1 Å². The lowest BCUT2D eigenvalue weighted by molar-refractivity contribution is 0.430. The Morgan fingerprint density at radius 3 is 0.786 bits per heavy atom. The standard InChI is InChI=1S/C96H102N2/c1-67-34-48-81(49-35-67)91(77-23-11-7-12-24-77)63-73-40-54-85(55-41-73)97(86-56-42-74(43-57-86)64-92(78-25-13-8-14-26-78)82-50-36-68(2)37-51-82)95-71(5)72(6)96(90-33-20-19-32-89(90)95)98(87-58-44-75(45-59-87)65-93(79-27-15-9-16-28-79)83-52-38-69(3)39-53-83)88-60-46-76(47-61-88)66-94(80-29-17-10-18-30-80)84-31-21-22-70(4)62-84/h19-22,31-66,77-80H,7-18,23-30H2,1-6H3. The largest absolute Gasteiger partial charge is 0.310 e. The Kier molecular flexibility index (Phi) is 20.9. The fourth-order valence-corrected chi connectivity index (χ4v) is 17.1. The fourth-order valence-electron chi connectivity index (χ4n) is 17.1. The molecule has 14 rings (SSSR count). The Morgan fingerprint density at radius 1 is 0.255 bits per heavy atom. The molecule has 0 atom stereocenters. The molecule has 496 valence electrons. The zero-order valence-corrected chi connectivity index (χ0v) is 59.4. The Labute approximate surface area is 587 Å². The van der Waals surface area contributed by atoms with Crippen molar-refractivity contribution in [3.63, 3.8) is 0 Å². The number of hydrogen-bond donors (Lipinski definition) is 0. The molecule has 10 aromatic rings. The molecule has 0 unspecified atom stereocenters. The predicted molar refractivity (Wildman–Crippen MR) is 425 cm³/mol. The summed E-state index contributed by atoms with van der Waals surface area (Å²) in [6.07, 6.45) is 35.8. The monoisotopic (exact) mass is 1280 g/mol. The molecular weight excluding hydrogens is 1180 g/mol. The van der Waals surface area contributed by atoms with Crippen molar-refractivity contribution in [3.8, 4) is 0 Å². The van der Waals surface area contributed by atoms with Crippen molar-refractivity contribution in [2.45, 2.75) is 170 Å². The van der Waals surface area contributed by atoms with Gasteiger partial charge < -0.3 is 9.80 Å². The van der Waals surface area contributed by atoms with Crippen LogP contribution in [-0.4, -0.2) is 0 Å². The zero-order valence-electron chi connectivity index (χ0n) is 59.4. The van der Waals surface area contributed by atoms with Gasteiger partial charge in [0.1, 0.15) is 0 Å². The second-order valence-corrected chi connectivity index (χ2v) is 29.7. The number of rotatable bonds is 18. The summed E-state index contributed by atoms with van der Waals surface area (Å²) in [6, 6.07) is 84.5. The Morgan fingerprint density at radius 2 is 0.520 bits per heavy atom. The smallest absolute Gasteiger partial charge is 0.0573 e. The van der Waals surface area contributed by atoms with Gasteiger partial charge in [-0.15, -0.1) is 0 Å². The molecule has 0 heterocycles. The van der Waals surface area contributed by atoms with Gasteiger partial charge in [0.15, 0.2) is 0 Å². The van der Waals surface area contributed by atoms with Gasteiger partial charge in [0.2, 0.25) is 0 Å². The highest BCUT2D eigenvalue weighted by Gasteiger charge is 2.29. The third kappa shape index (κ3) is 15.2. The average Bonchev–Trinajstić information content (AvgIpc) is 0.733. The minimum atomic E-state index is 0.560. The maximum absolute atomic E-state index is 2.57. The number of hydrogen-bond acceptors (Lipinski definition) is 2. The second kappa shape index (κ2) is 30.8. The van der Waals surface area contributed by atoms with Crippen molar-refractivity contribution < 1.29 is 0 Å². The van der Waals surface area contributed by atoms with Gasteiger partial charge in [-0.1, -0.05) is 293 Å². The Balaban J connectivity index is 0.918. The SMILES string of the molecule is Cc1ccc(C(=Cc2ccc(N(c3ccc(C=C(c4ccc(C)cc4)C4CCCCC4)cc3)c3c(C)c(C)c(N(c4ccc(C=C(c5ccc(C)cc5)C5CCCCC5)cc4)c4ccc(C=C(c5cccc(C)c5)C5CCCCC5)cc4)c4ccccc34)cc2)C2CCCCC2)cc1. The summed E-state index contributed by atoms with van der Waals surface area (Å²) in [5, 5.41) is 2.43. The van der Waals surface area contributed by atoms with Gasteiger partial charge >= 0.3 is 0 Å². The van der Waals surface area contributed by atoms with Gasteiger partial charge in [0, 0.05) is 33.5 Å². The first kappa shape index (κ1) is 66.3. The van der Waals surface area contributed by atoms with Crippen LogP contribution in [0.25, 0.3) is 57.4 Å². The van der Waals surface area contributed by atoms with Crippen LogP contribution in [0.5, 0.6) is 0 Å². The fraction of sp³-hybridized carbons (Fsp3) is 0.312. The van der Waals surface area contributed by atoms with E-state index in [-0.39, 0.29) is 0 Å². The number of benzene rings is 10. The number of allylic oxidation sites excluding steroid dienone is 4. The number of fused-ring (bicyclic) bond motifs is 1. The lowest BCUT2D eigenvalue weighted by Gasteiger charge is -2.34. The molecule has 0 saturated heterocycles. The summed E-state index contributed by atoms with van der Waals surface area (Å²) in [6.45, 7) is 13.6. The first-order chi connectivity index (χ1) is 48.0. The van der Waals surface area contributed by atoms with Gasteiger partial charge in [-0.2, -0.15) is 0 Å². The highest BCUT2D eigenvalue weighted by molar-refractivity contribution is 6.10. The van der Waals surface area contributed by atoms with Crippen molar-refractivity contribution in [3.05, 3.63) is 296 Å². The normalized spacial score (nSPS) is 16.8. The quantitative estimate of drug-likeness (QED) is 0.0790. The molecule has 0 bridgehead atoms. The topological polar surface area (TPSA) is 6.48 Å². The van der Waals surface area contributed by atoms with E-state index in [4.69, 9.17) is 0 Å². The average molecular weight is 1280 g/mol. The molecule has 4 aliphatic rings. The molecule has 0 aliphatic heterocycles. The molecule has 0 aromatic heterocycles. The van der Waals surface area contributed by atoms with Crippen LogP contribution in [-0.2, 0) is 0 Å². The van der Waals surface area contributed by atoms with Crippen LogP contribution in [0.3, 0.4) is 0 Å². The van der Waals surface area contributed by atoms with E-state index >= 15 is 0 Å². The van der Waals surface area contributed by atoms with Crippen molar-refractivity contribution in [2.75, 3.05) is 9.80 Å². The molecular formula is C96H102N2. The third-order valence-electron chi connectivity index (χ3n) is 22.7. The molecule has 98 heavy (non-hydrogen) atoms. The van der Waals surface area contributed by atoms with Gasteiger partial charge in [-0.05, 0) is 243 Å². The van der Waals surface area contributed by atoms with Gasteiger partial charge in [-0.3, -0.25) is 0 Å². The van der Waals surface area contributed by atoms with E-state index in [9.17, 15) is 0 Å². The van der Waals surface area contributed by atoms with E-state index in [2.05, 4.69) is 294 Å². The molecule has 0 spiro atoms. The zero-order chi connectivity index (χ0) is 66.9. The van der Waals surface area contributed by atoms with E-state index in [0.29, 0.717) is 23.7 Å². The summed E-state index contributed by atoms with van der Waals surface area (Å²) in [7, 11) is 0. The van der Waals surface area contributed by atoms with E-state index < -0.39 is 0 Å². The first-order valence-electron chi connectivity index (χ1n) is 37.7. The maximum atomic E-state index is 2.57. The summed E-state index contributed by atoms with van der Waals surface area (Å²) in [5.74, 6) is 2.24. The van der Waals surface area contributed by atoms with Crippen molar-refractivity contribution in [1.29, 1.82) is 0 Å². The highest BCUT2D eigenvalue weighted by atomic mass is 15.2. The second-order valence-electron chi connectivity index (χ2n) is 29.7. The lowest BCUT2D eigenvalue weighted by Crippen LogP contribution is -2.16. The van der Waals surface area contributed by atoms with Gasteiger partial charge in [-0.25, -0.2) is 0 Å². The summed E-state index contributed by atoms with van der Waals surface area (Å²) >= 11 is 0. The highest BCUT2D eigenvalue weighted by Crippen LogP contribution is 2.51. The van der Waals surface area contributed by atoms with Crippen LogP contribution in [0.15, 0.2) is 218 Å². The van der Waals surface area contributed by atoms with E-state index in [1.807, 2.05) is 0 Å². The molecule has 4 aliphatic carbocycles.